The maximum Gasteiger partial charge on any atom is 0.404 e. The number of primary amides is 1. The summed E-state index contributed by atoms with van der Waals surface area (Å²) in [5.74, 6) is 0.647. The second-order valence-corrected chi connectivity index (χ2v) is 7.71. The van der Waals surface area contributed by atoms with Crippen LogP contribution in [-0.2, 0) is 20.7 Å². The van der Waals surface area contributed by atoms with Crippen molar-refractivity contribution in [3.8, 4) is 11.5 Å². The first-order valence-corrected chi connectivity index (χ1v) is 10.3. The van der Waals surface area contributed by atoms with Crippen molar-refractivity contribution in [2.24, 2.45) is 11.7 Å². The van der Waals surface area contributed by atoms with Crippen molar-refractivity contribution in [2.75, 3.05) is 20.3 Å². The molecule has 0 fully saturated rings. The molecule has 0 aliphatic rings. The molecular weight excluding hydrogens is 398 g/mol. The van der Waals surface area contributed by atoms with E-state index in [-0.39, 0.29) is 13.2 Å². The Morgan fingerprint density at radius 2 is 1.58 bits per heavy atom. The normalized spacial score (nSPS) is 12.7. The molecular formula is C24H31NO6. The maximum absolute atomic E-state index is 12.7. The van der Waals surface area contributed by atoms with Gasteiger partial charge in [-0.15, -0.1) is 0 Å². The predicted molar refractivity (Wildman–Crippen MR) is 117 cm³/mol. The van der Waals surface area contributed by atoms with E-state index in [1.807, 2.05) is 30.3 Å². The second kappa shape index (κ2) is 11.8. The summed E-state index contributed by atoms with van der Waals surface area (Å²) in [5.41, 5.74) is 7.13. The number of hydrogen-bond acceptors (Lipinski definition) is 6. The molecule has 0 heterocycles. The Morgan fingerprint density at radius 3 is 2.16 bits per heavy atom. The van der Waals surface area contributed by atoms with Gasteiger partial charge >= 0.3 is 12.1 Å². The standard InChI is InChI=1S/C24H31NO6/c1-16(2)13-18-9-11-19(12-10-18)17(3)23(26)31-20(15-30-24(25)27)14-29-22-8-6-5-7-21(22)28-4/h5-12,16-17,20H,13-15H2,1-4H3,(H2,25,27)/t17-,20+/m1/s1. The third kappa shape index (κ3) is 7.85. The number of esters is 1. The predicted octanol–water partition coefficient (Wildman–Crippen LogP) is 4.08. The summed E-state index contributed by atoms with van der Waals surface area (Å²) in [7, 11) is 1.53. The summed E-state index contributed by atoms with van der Waals surface area (Å²) in [5, 5.41) is 0. The first-order chi connectivity index (χ1) is 14.8. The Labute approximate surface area is 183 Å². The summed E-state index contributed by atoms with van der Waals surface area (Å²) in [6, 6.07) is 15.0. The van der Waals surface area contributed by atoms with Crippen LogP contribution in [0.3, 0.4) is 0 Å². The Morgan fingerprint density at radius 1 is 0.935 bits per heavy atom. The average Bonchev–Trinajstić information content (AvgIpc) is 2.75. The van der Waals surface area contributed by atoms with E-state index >= 15 is 0 Å². The topological polar surface area (TPSA) is 97.1 Å². The van der Waals surface area contributed by atoms with Gasteiger partial charge in [-0.1, -0.05) is 50.2 Å². The largest absolute Gasteiger partial charge is 0.493 e. The fourth-order valence-corrected chi connectivity index (χ4v) is 3.03. The highest BCUT2D eigenvalue weighted by Crippen LogP contribution is 2.26. The molecule has 0 aliphatic heterocycles. The lowest BCUT2D eigenvalue weighted by Crippen LogP contribution is -2.33. The number of hydrogen-bond donors (Lipinski definition) is 1. The molecule has 7 heteroatoms. The third-order valence-corrected chi connectivity index (χ3v) is 4.67. The smallest absolute Gasteiger partial charge is 0.404 e. The second-order valence-electron chi connectivity index (χ2n) is 7.71. The summed E-state index contributed by atoms with van der Waals surface area (Å²) in [6.45, 7) is 5.85. The molecule has 0 spiro atoms. The van der Waals surface area contributed by atoms with Crippen LogP contribution in [0.15, 0.2) is 48.5 Å². The van der Waals surface area contributed by atoms with Gasteiger partial charge in [0.25, 0.3) is 0 Å². The molecule has 2 aromatic carbocycles. The number of carbonyl (C=O) groups excluding carboxylic acids is 2. The molecule has 0 saturated carbocycles. The van der Waals surface area contributed by atoms with Crippen molar-refractivity contribution in [1.82, 2.24) is 0 Å². The van der Waals surface area contributed by atoms with Crippen LogP contribution < -0.4 is 15.2 Å². The van der Waals surface area contributed by atoms with E-state index in [0.29, 0.717) is 17.4 Å². The van der Waals surface area contributed by atoms with Crippen LogP contribution in [-0.4, -0.2) is 38.5 Å². The zero-order valence-electron chi connectivity index (χ0n) is 18.5. The van der Waals surface area contributed by atoms with E-state index in [1.54, 1.807) is 25.1 Å². The van der Waals surface area contributed by atoms with E-state index in [0.717, 1.165) is 12.0 Å². The number of carbonyl (C=O) groups is 2. The quantitative estimate of drug-likeness (QED) is 0.541. The fourth-order valence-electron chi connectivity index (χ4n) is 3.03. The first-order valence-electron chi connectivity index (χ1n) is 10.3. The van der Waals surface area contributed by atoms with Crippen molar-refractivity contribution < 1.29 is 28.5 Å². The molecule has 7 nitrogen and oxygen atoms in total. The number of benzene rings is 2. The van der Waals surface area contributed by atoms with Gasteiger partial charge < -0.3 is 24.7 Å². The van der Waals surface area contributed by atoms with Gasteiger partial charge in [-0.2, -0.15) is 0 Å². The Balaban J connectivity index is 2.02. The zero-order valence-corrected chi connectivity index (χ0v) is 18.5. The number of ether oxygens (including phenoxy) is 4. The van der Waals surface area contributed by atoms with E-state index in [9.17, 15) is 9.59 Å². The lowest BCUT2D eigenvalue weighted by atomic mass is 9.97. The minimum Gasteiger partial charge on any atom is -0.493 e. The van der Waals surface area contributed by atoms with E-state index in [2.05, 4.69) is 13.8 Å². The summed E-state index contributed by atoms with van der Waals surface area (Å²) in [6.07, 6.45) is -0.800. The van der Waals surface area contributed by atoms with Crippen molar-refractivity contribution in [1.29, 1.82) is 0 Å². The van der Waals surface area contributed by atoms with Crippen LogP contribution in [0.5, 0.6) is 11.5 Å². The number of rotatable bonds is 11. The zero-order chi connectivity index (χ0) is 22.8. The molecule has 0 aromatic heterocycles. The SMILES string of the molecule is COc1ccccc1OC[C@@H](COC(N)=O)OC(=O)[C@H](C)c1ccc(CC(C)C)cc1. The van der Waals surface area contributed by atoms with Gasteiger partial charge in [0.05, 0.1) is 13.0 Å². The van der Waals surface area contributed by atoms with Crippen LogP contribution in [0.25, 0.3) is 0 Å². The summed E-state index contributed by atoms with van der Waals surface area (Å²) in [4.78, 5) is 23.7. The van der Waals surface area contributed by atoms with Gasteiger partial charge in [-0.25, -0.2) is 4.79 Å². The number of nitrogens with two attached hydrogens (primary N) is 1. The number of methoxy groups -OCH3 is 1. The molecule has 168 valence electrons. The minimum absolute atomic E-state index is 0.0283. The van der Waals surface area contributed by atoms with Crippen molar-refractivity contribution in [2.45, 2.75) is 39.2 Å². The van der Waals surface area contributed by atoms with Crippen molar-refractivity contribution in [3.63, 3.8) is 0 Å². The fraction of sp³-hybridized carbons (Fsp3) is 0.417. The van der Waals surface area contributed by atoms with Crippen LogP contribution in [0.2, 0.25) is 0 Å². The highest BCUT2D eigenvalue weighted by molar-refractivity contribution is 5.78. The van der Waals surface area contributed by atoms with Crippen LogP contribution >= 0.6 is 0 Å². The van der Waals surface area contributed by atoms with Crippen molar-refractivity contribution in [3.05, 3.63) is 59.7 Å². The van der Waals surface area contributed by atoms with E-state index in [4.69, 9.17) is 24.7 Å². The van der Waals surface area contributed by atoms with Crippen LogP contribution in [0, 0.1) is 5.92 Å². The average molecular weight is 430 g/mol. The highest BCUT2D eigenvalue weighted by atomic mass is 16.6. The molecule has 2 aromatic rings. The summed E-state index contributed by atoms with van der Waals surface area (Å²) < 4.78 is 21.4. The summed E-state index contributed by atoms with van der Waals surface area (Å²) >= 11 is 0. The van der Waals surface area contributed by atoms with Gasteiger partial charge in [0, 0.05) is 0 Å². The monoisotopic (exact) mass is 429 g/mol. The minimum atomic E-state index is -0.952. The lowest BCUT2D eigenvalue weighted by Gasteiger charge is -2.21. The maximum atomic E-state index is 12.7. The van der Waals surface area contributed by atoms with Gasteiger partial charge in [0.1, 0.15) is 13.2 Å². The number of amides is 1. The van der Waals surface area contributed by atoms with E-state index in [1.165, 1.54) is 12.7 Å². The Kier molecular flexibility index (Phi) is 9.18. The molecule has 0 aliphatic carbocycles. The van der Waals surface area contributed by atoms with Gasteiger partial charge in [0.2, 0.25) is 0 Å². The van der Waals surface area contributed by atoms with Crippen molar-refractivity contribution >= 4 is 12.1 Å². The Hall–Kier alpha value is -3.22. The van der Waals surface area contributed by atoms with Gasteiger partial charge in [-0.3, -0.25) is 4.79 Å². The molecule has 0 unspecified atom stereocenters. The molecule has 1 amide bonds. The molecule has 2 N–H and O–H groups in total. The van der Waals surface area contributed by atoms with Gasteiger partial charge in [-0.05, 0) is 42.5 Å². The molecule has 2 atom stereocenters. The lowest BCUT2D eigenvalue weighted by molar-refractivity contribution is -0.154. The molecule has 0 bridgehead atoms. The van der Waals surface area contributed by atoms with Crippen LogP contribution in [0.4, 0.5) is 4.79 Å². The molecule has 31 heavy (non-hydrogen) atoms. The first kappa shape index (κ1) is 24.1. The third-order valence-electron chi connectivity index (χ3n) is 4.67. The van der Waals surface area contributed by atoms with Crippen LogP contribution in [0.1, 0.15) is 37.8 Å². The molecule has 0 radical (unpaired) electrons. The Bertz CT molecular complexity index is 849. The molecule has 2 rings (SSSR count). The van der Waals surface area contributed by atoms with Gasteiger partial charge in [0.15, 0.2) is 17.6 Å². The van der Waals surface area contributed by atoms with E-state index < -0.39 is 24.1 Å². The number of para-hydroxylation sites is 2. The molecule has 0 saturated heterocycles. The highest BCUT2D eigenvalue weighted by Gasteiger charge is 2.23.